The maximum absolute atomic E-state index is 11.6. The molecule has 1 amide bonds. The average Bonchev–Trinajstić information content (AvgIpc) is 2.45. The summed E-state index contributed by atoms with van der Waals surface area (Å²) in [6.07, 6.45) is 0. The third-order valence-electron chi connectivity index (χ3n) is 3.34. The van der Waals surface area contributed by atoms with E-state index in [-0.39, 0.29) is 10.8 Å². The minimum atomic E-state index is -3.68. The summed E-state index contributed by atoms with van der Waals surface area (Å²) in [4.78, 5) is 11.6. The van der Waals surface area contributed by atoms with Gasteiger partial charge in [-0.05, 0) is 24.3 Å². The van der Waals surface area contributed by atoms with Crippen LogP contribution in [0.15, 0.2) is 29.2 Å². The van der Waals surface area contributed by atoms with E-state index in [0.717, 1.165) is 19.6 Å². The number of primary sulfonamides is 1. The van der Waals surface area contributed by atoms with Gasteiger partial charge in [0.05, 0.1) is 17.3 Å². The van der Waals surface area contributed by atoms with Crippen LogP contribution in [0.2, 0.25) is 0 Å². The van der Waals surface area contributed by atoms with Crippen molar-refractivity contribution in [3.05, 3.63) is 24.3 Å². The van der Waals surface area contributed by atoms with Gasteiger partial charge in [-0.2, -0.15) is 0 Å². The van der Waals surface area contributed by atoms with Crippen LogP contribution in [0.5, 0.6) is 5.75 Å². The van der Waals surface area contributed by atoms with Gasteiger partial charge in [0.1, 0.15) is 5.75 Å². The molecular formula is C14H21N3O4S2. The van der Waals surface area contributed by atoms with Gasteiger partial charge in [0, 0.05) is 31.3 Å². The molecule has 7 nitrogen and oxygen atoms in total. The molecule has 0 bridgehead atoms. The first-order chi connectivity index (χ1) is 10.9. The van der Waals surface area contributed by atoms with Crippen molar-refractivity contribution in [3.8, 4) is 5.75 Å². The number of sulfonamides is 1. The number of hydrogen-bond acceptors (Lipinski definition) is 6. The van der Waals surface area contributed by atoms with Crippen LogP contribution in [-0.2, 0) is 14.8 Å². The molecule has 1 heterocycles. The van der Waals surface area contributed by atoms with Gasteiger partial charge in [-0.3, -0.25) is 4.79 Å². The minimum Gasteiger partial charge on any atom is -0.493 e. The molecule has 0 aromatic heterocycles. The predicted molar refractivity (Wildman–Crippen MR) is 90.0 cm³/mol. The van der Waals surface area contributed by atoms with Gasteiger partial charge in [0.15, 0.2) is 0 Å². The Balaban J connectivity index is 1.57. The van der Waals surface area contributed by atoms with Gasteiger partial charge in [0.25, 0.3) is 0 Å². The maximum Gasteiger partial charge on any atom is 0.238 e. The largest absolute Gasteiger partial charge is 0.493 e. The van der Waals surface area contributed by atoms with Gasteiger partial charge in [-0.15, -0.1) is 11.8 Å². The van der Waals surface area contributed by atoms with Gasteiger partial charge < -0.3 is 15.4 Å². The van der Waals surface area contributed by atoms with E-state index in [4.69, 9.17) is 9.88 Å². The second kappa shape index (κ2) is 8.53. The Hall–Kier alpha value is -1.29. The smallest absolute Gasteiger partial charge is 0.238 e. The Morgan fingerprint density at radius 3 is 2.61 bits per heavy atom. The Labute approximate surface area is 140 Å². The number of carbonyl (C=O) groups is 1. The van der Waals surface area contributed by atoms with Crippen molar-refractivity contribution in [2.45, 2.75) is 4.90 Å². The Bertz CT molecular complexity index is 615. The molecule has 0 unspecified atom stereocenters. The quantitative estimate of drug-likeness (QED) is 0.526. The number of ether oxygens (including phenoxy) is 1. The molecule has 0 atom stereocenters. The van der Waals surface area contributed by atoms with E-state index in [1.165, 1.54) is 23.9 Å². The lowest BCUT2D eigenvalue weighted by atomic mass is 10.0. The van der Waals surface area contributed by atoms with Gasteiger partial charge >= 0.3 is 0 Å². The average molecular weight is 359 g/mol. The van der Waals surface area contributed by atoms with Crippen molar-refractivity contribution < 1.29 is 17.9 Å². The lowest BCUT2D eigenvalue weighted by Crippen LogP contribution is -2.48. The van der Waals surface area contributed by atoms with E-state index < -0.39 is 10.0 Å². The van der Waals surface area contributed by atoms with Crippen molar-refractivity contribution in [1.29, 1.82) is 0 Å². The Morgan fingerprint density at radius 1 is 1.35 bits per heavy atom. The Morgan fingerprint density at radius 2 is 2.04 bits per heavy atom. The number of hydrogen-bond donors (Lipinski definition) is 3. The number of benzene rings is 1. The summed E-state index contributed by atoms with van der Waals surface area (Å²) in [5.74, 6) is 2.26. The van der Waals surface area contributed by atoms with E-state index >= 15 is 0 Å². The zero-order chi connectivity index (χ0) is 16.7. The van der Waals surface area contributed by atoms with Crippen LogP contribution in [-0.4, -0.2) is 52.1 Å². The summed E-state index contributed by atoms with van der Waals surface area (Å²) < 4.78 is 27.7. The molecule has 1 aromatic rings. The van der Waals surface area contributed by atoms with Crippen molar-refractivity contribution in [2.75, 3.05) is 37.7 Å². The van der Waals surface area contributed by atoms with E-state index in [2.05, 4.69) is 10.6 Å². The molecule has 2 rings (SSSR count). The first-order valence-corrected chi connectivity index (χ1v) is 9.96. The van der Waals surface area contributed by atoms with Crippen molar-refractivity contribution in [1.82, 2.24) is 10.6 Å². The second-order valence-electron chi connectivity index (χ2n) is 5.25. The highest BCUT2D eigenvalue weighted by Gasteiger charge is 2.16. The van der Waals surface area contributed by atoms with Crippen molar-refractivity contribution in [3.63, 3.8) is 0 Å². The fourth-order valence-electron chi connectivity index (χ4n) is 1.91. The van der Waals surface area contributed by atoms with Gasteiger partial charge in [-0.1, -0.05) is 0 Å². The summed E-state index contributed by atoms with van der Waals surface area (Å²) in [6, 6.07) is 5.93. The number of amides is 1. The van der Waals surface area contributed by atoms with Crippen LogP contribution in [0.4, 0.5) is 0 Å². The van der Waals surface area contributed by atoms with Gasteiger partial charge in [0.2, 0.25) is 15.9 Å². The topological polar surface area (TPSA) is 111 Å². The SMILES string of the molecule is NS(=O)(=O)c1ccc(OCCSCC(=O)NCC2CNC2)cc1. The number of carbonyl (C=O) groups excluding carboxylic acids is 1. The fourth-order valence-corrected chi connectivity index (χ4v) is 3.06. The number of nitrogens with two attached hydrogens (primary N) is 1. The molecule has 1 aliphatic heterocycles. The zero-order valence-electron chi connectivity index (χ0n) is 12.7. The van der Waals surface area contributed by atoms with Crippen molar-refractivity contribution >= 4 is 27.7 Å². The molecule has 9 heteroatoms. The molecule has 0 saturated carbocycles. The van der Waals surface area contributed by atoms with Gasteiger partial charge in [-0.25, -0.2) is 13.6 Å². The van der Waals surface area contributed by atoms with Crippen LogP contribution in [0.1, 0.15) is 0 Å². The first kappa shape index (κ1) is 18.1. The molecular weight excluding hydrogens is 338 g/mol. The van der Waals surface area contributed by atoms with Crippen LogP contribution >= 0.6 is 11.8 Å². The van der Waals surface area contributed by atoms with Crippen LogP contribution < -0.4 is 20.5 Å². The van der Waals surface area contributed by atoms with Crippen LogP contribution in [0.25, 0.3) is 0 Å². The standard InChI is InChI=1S/C14H21N3O4S2/c15-23(19,20)13-3-1-12(2-4-13)21-5-6-22-10-14(18)17-9-11-7-16-8-11/h1-4,11,16H,5-10H2,(H,17,18)(H2,15,19,20). The number of thioether (sulfide) groups is 1. The summed E-state index contributed by atoms with van der Waals surface area (Å²) in [6.45, 7) is 3.13. The molecule has 1 aliphatic rings. The predicted octanol–water partition coefficient (Wildman–Crippen LogP) is -0.218. The maximum atomic E-state index is 11.6. The highest BCUT2D eigenvalue weighted by Crippen LogP contribution is 2.15. The zero-order valence-corrected chi connectivity index (χ0v) is 14.3. The molecule has 0 radical (unpaired) electrons. The van der Waals surface area contributed by atoms with E-state index in [1.807, 2.05) is 0 Å². The van der Waals surface area contributed by atoms with Crippen LogP contribution in [0.3, 0.4) is 0 Å². The molecule has 1 saturated heterocycles. The number of rotatable bonds is 9. The third-order valence-corrected chi connectivity index (χ3v) is 5.19. The van der Waals surface area contributed by atoms with E-state index in [9.17, 15) is 13.2 Å². The highest BCUT2D eigenvalue weighted by atomic mass is 32.2. The molecule has 0 spiro atoms. The summed E-state index contributed by atoms with van der Waals surface area (Å²) in [5, 5.41) is 11.1. The summed E-state index contributed by atoms with van der Waals surface area (Å²) in [7, 11) is -3.68. The highest BCUT2D eigenvalue weighted by molar-refractivity contribution is 7.99. The number of nitrogens with one attached hydrogen (secondary N) is 2. The van der Waals surface area contributed by atoms with E-state index in [1.54, 1.807) is 12.1 Å². The summed E-state index contributed by atoms with van der Waals surface area (Å²) >= 11 is 1.50. The second-order valence-corrected chi connectivity index (χ2v) is 7.91. The fraction of sp³-hybridized carbons (Fsp3) is 0.500. The molecule has 1 aromatic carbocycles. The Kier molecular flexibility index (Phi) is 6.70. The summed E-state index contributed by atoms with van der Waals surface area (Å²) in [5.41, 5.74) is 0. The molecule has 4 N–H and O–H groups in total. The molecule has 1 fully saturated rings. The lowest BCUT2D eigenvalue weighted by Gasteiger charge is -2.27. The van der Waals surface area contributed by atoms with Crippen LogP contribution in [0, 0.1) is 5.92 Å². The normalized spacial score (nSPS) is 15.0. The van der Waals surface area contributed by atoms with E-state index in [0.29, 0.717) is 29.8 Å². The monoisotopic (exact) mass is 359 g/mol. The van der Waals surface area contributed by atoms with Crippen molar-refractivity contribution in [2.24, 2.45) is 11.1 Å². The minimum absolute atomic E-state index is 0.0411. The molecule has 23 heavy (non-hydrogen) atoms. The molecule has 128 valence electrons. The lowest BCUT2D eigenvalue weighted by molar-refractivity contribution is -0.118. The third kappa shape index (κ3) is 6.38. The molecule has 0 aliphatic carbocycles. The first-order valence-electron chi connectivity index (χ1n) is 7.26.